The Balaban J connectivity index is 1.56. The van der Waals surface area contributed by atoms with Crippen LogP contribution in [0.5, 0.6) is 0 Å². The molecule has 124 valence electrons. The summed E-state index contributed by atoms with van der Waals surface area (Å²) in [5.41, 5.74) is 0.934. The standard InChI is InChI=1S/C17H24N4O2/c1-13(2)21(14-6-4-3-5-7-14)16(22)12-19-10-15(11-19)20-9-8-18-17(20)23/h3-7,13,15H,8-12H2,1-2H3,(H,18,23). The van der Waals surface area contributed by atoms with Gasteiger partial charge in [-0.15, -0.1) is 0 Å². The van der Waals surface area contributed by atoms with E-state index in [9.17, 15) is 9.59 Å². The van der Waals surface area contributed by atoms with Gasteiger partial charge in [0.15, 0.2) is 0 Å². The lowest BCUT2D eigenvalue weighted by Gasteiger charge is -2.43. The first-order valence-corrected chi connectivity index (χ1v) is 8.20. The number of nitrogens with one attached hydrogen (secondary N) is 1. The predicted molar refractivity (Wildman–Crippen MR) is 89.4 cm³/mol. The number of hydrogen-bond acceptors (Lipinski definition) is 3. The van der Waals surface area contributed by atoms with Crippen molar-refractivity contribution in [1.82, 2.24) is 15.1 Å². The Hall–Kier alpha value is -2.08. The van der Waals surface area contributed by atoms with Crippen molar-refractivity contribution in [3.63, 3.8) is 0 Å². The highest BCUT2D eigenvalue weighted by atomic mass is 16.2. The molecule has 3 amide bonds. The van der Waals surface area contributed by atoms with Crippen LogP contribution in [0.15, 0.2) is 30.3 Å². The molecule has 0 atom stereocenters. The summed E-state index contributed by atoms with van der Waals surface area (Å²) in [6.07, 6.45) is 0. The van der Waals surface area contributed by atoms with Gasteiger partial charge in [0.1, 0.15) is 0 Å². The number of rotatable bonds is 5. The molecule has 2 aliphatic rings. The SMILES string of the molecule is CC(C)N(C(=O)CN1CC(N2CCNC2=O)C1)c1ccccc1. The topological polar surface area (TPSA) is 55.9 Å². The van der Waals surface area contributed by atoms with E-state index in [1.54, 1.807) is 0 Å². The van der Waals surface area contributed by atoms with E-state index in [0.717, 1.165) is 31.9 Å². The molecule has 6 nitrogen and oxygen atoms in total. The fourth-order valence-corrected chi connectivity index (χ4v) is 3.29. The number of benzene rings is 1. The summed E-state index contributed by atoms with van der Waals surface area (Å²) in [6, 6.07) is 10.2. The molecule has 1 aromatic rings. The number of carbonyl (C=O) groups excluding carboxylic acids is 2. The second-order valence-corrected chi connectivity index (χ2v) is 6.47. The zero-order chi connectivity index (χ0) is 16.4. The highest BCUT2D eigenvalue weighted by molar-refractivity contribution is 5.95. The van der Waals surface area contributed by atoms with E-state index >= 15 is 0 Å². The molecule has 1 N–H and O–H groups in total. The minimum atomic E-state index is 0.0223. The third-order valence-electron chi connectivity index (χ3n) is 4.45. The molecule has 0 spiro atoms. The Morgan fingerprint density at radius 2 is 2.00 bits per heavy atom. The van der Waals surface area contributed by atoms with Crippen LogP contribution in [0.4, 0.5) is 10.5 Å². The molecule has 3 rings (SSSR count). The number of para-hydroxylation sites is 1. The van der Waals surface area contributed by atoms with Crippen LogP contribution < -0.4 is 10.2 Å². The summed E-state index contributed by atoms with van der Waals surface area (Å²) in [7, 11) is 0. The van der Waals surface area contributed by atoms with E-state index in [2.05, 4.69) is 10.2 Å². The molecule has 2 saturated heterocycles. The smallest absolute Gasteiger partial charge is 0.317 e. The van der Waals surface area contributed by atoms with Crippen molar-refractivity contribution in [2.75, 3.05) is 37.6 Å². The maximum Gasteiger partial charge on any atom is 0.317 e. The Morgan fingerprint density at radius 1 is 1.30 bits per heavy atom. The van der Waals surface area contributed by atoms with Gasteiger partial charge in [0.05, 0.1) is 12.6 Å². The quantitative estimate of drug-likeness (QED) is 0.886. The van der Waals surface area contributed by atoms with Crippen molar-refractivity contribution >= 4 is 17.6 Å². The highest BCUT2D eigenvalue weighted by Crippen LogP contribution is 2.20. The molecule has 0 saturated carbocycles. The normalized spacial score (nSPS) is 18.9. The van der Waals surface area contributed by atoms with Gasteiger partial charge in [0, 0.05) is 37.9 Å². The molecule has 0 unspecified atom stereocenters. The fourth-order valence-electron chi connectivity index (χ4n) is 3.29. The molecule has 0 radical (unpaired) electrons. The number of anilines is 1. The molecule has 0 aromatic heterocycles. The van der Waals surface area contributed by atoms with E-state index in [4.69, 9.17) is 0 Å². The summed E-state index contributed by atoms with van der Waals surface area (Å²) < 4.78 is 0. The lowest BCUT2D eigenvalue weighted by molar-refractivity contribution is -0.121. The number of hydrogen-bond donors (Lipinski definition) is 1. The zero-order valence-corrected chi connectivity index (χ0v) is 13.7. The summed E-state index contributed by atoms with van der Waals surface area (Å²) >= 11 is 0. The van der Waals surface area contributed by atoms with Crippen molar-refractivity contribution < 1.29 is 9.59 Å². The Morgan fingerprint density at radius 3 is 2.57 bits per heavy atom. The van der Waals surface area contributed by atoms with E-state index in [0.29, 0.717) is 6.54 Å². The van der Waals surface area contributed by atoms with Crippen LogP contribution in [-0.4, -0.2) is 66.5 Å². The summed E-state index contributed by atoms with van der Waals surface area (Å²) in [5.74, 6) is 0.107. The average molecular weight is 316 g/mol. The molecule has 1 aromatic carbocycles. The van der Waals surface area contributed by atoms with E-state index < -0.39 is 0 Å². The van der Waals surface area contributed by atoms with Crippen LogP contribution >= 0.6 is 0 Å². The Bertz CT molecular complexity index is 569. The van der Waals surface area contributed by atoms with Crippen LogP contribution in [0.1, 0.15) is 13.8 Å². The Labute approximate surface area is 137 Å². The summed E-state index contributed by atoms with van der Waals surface area (Å²) in [5, 5.41) is 2.82. The largest absolute Gasteiger partial charge is 0.336 e. The molecule has 6 heteroatoms. The van der Waals surface area contributed by atoms with Crippen LogP contribution in [0.3, 0.4) is 0 Å². The maximum atomic E-state index is 12.7. The first-order chi connectivity index (χ1) is 11.1. The van der Waals surface area contributed by atoms with Crippen molar-refractivity contribution in [2.45, 2.75) is 25.9 Å². The lowest BCUT2D eigenvalue weighted by atomic mass is 10.1. The van der Waals surface area contributed by atoms with Crippen LogP contribution in [-0.2, 0) is 4.79 Å². The molecule has 0 bridgehead atoms. The number of urea groups is 1. The highest BCUT2D eigenvalue weighted by Gasteiger charge is 2.37. The maximum absolute atomic E-state index is 12.7. The van der Waals surface area contributed by atoms with Gasteiger partial charge in [0.25, 0.3) is 0 Å². The van der Waals surface area contributed by atoms with Gasteiger partial charge in [-0.25, -0.2) is 4.79 Å². The second kappa shape index (κ2) is 6.58. The van der Waals surface area contributed by atoms with Gasteiger partial charge in [0.2, 0.25) is 5.91 Å². The van der Waals surface area contributed by atoms with Crippen molar-refractivity contribution in [3.05, 3.63) is 30.3 Å². The Kier molecular flexibility index (Phi) is 4.52. The van der Waals surface area contributed by atoms with Crippen molar-refractivity contribution in [2.24, 2.45) is 0 Å². The van der Waals surface area contributed by atoms with E-state index in [1.165, 1.54) is 0 Å². The van der Waals surface area contributed by atoms with Crippen LogP contribution in [0.25, 0.3) is 0 Å². The molecule has 2 aliphatic heterocycles. The molecular weight excluding hydrogens is 292 g/mol. The minimum Gasteiger partial charge on any atom is -0.336 e. The lowest BCUT2D eigenvalue weighted by Crippen LogP contribution is -2.62. The number of likely N-dealkylation sites (tertiary alicyclic amines) is 1. The number of amides is 3. The fraction of sp³-hybridized carbons (Fsp3) is 0.529. The number of carbonyl (C=O) groups is 2. The van der Waals surface area contributed by atoms with Gasteiger partial charge in [-0.2, -0.15) is 0 Å². The molecule has 2 heterocycles. The third-order valence-corrected chi connectivity index (χ3v) is 4.45. The molecular formula is C17H24N4O2. The monoisotopic (exact) mass is 316 g/mol. The van der Waals surface area contributed by atoms with Crippen LogP contribution in [0, 0.1) is 0 Å². The zero-order valence-electron chi connectivity index (χ0n) is 13.7. The molecule has 2 fully saturated rings. The van der Waals surface area contributed by atoms with Gasteiger partial charge < -0.3 is 15.1 Å². The van der Waals surface area contributed by atoms with Crippen LogP contribution in [0.2, 0.25) is 0 Å². The van der Waals surface area contributed by atoms with E-state index in [-0.39, 0.29) is 24.0 Å². The predicted octanol–water partition coefficient (Wildman–Crippen LogP) is 1.14. The van der Waals surface area contributed by atoms with Gasteiger partial charge >= 0.3 is 6.03 Å². The molecule has 23 heavy (non-hydrogen) atoms. The van der Waals surface area contributed by atoms with Crippen molar-refractivity contribution in [1.29, 1.82) is 0 Å². The summed E-state index contributed by atoms with van der Waals surface area (Å²) in [4.78, 5) is 30.1. The van der Waals surface area contributed by atoms with Crippen molar-refractivity contribution in [3.8, 4) is 0 Å². The number of nitrogens with zero attached hydrogens (tertiary/aromatic N) is 3. The molecule has 0 aliphatic carbocycles. The third kappa shape index (κ3) is 3.32. The summed E-state index contributed by atoms with van der Waals surface area (Å²) in [6.45, 7) is 7.51. The van der Waals surface area contributed by atoms with Gasteiger partial charge in [-0.05, 0) is 26.0 Å². The van der Waals surface area contributed by atoms with Gasteiger partial charge in [-0.1, -0.05) is 18.2 Å². The first kappa shape index (κ1) is 15.8. The second-order valence-electron chi connectivity index (χ2n) is 6.47. The average Bonchev–Trinajstić information content (AvgIpc) is 2.89. The van der Waals surface area contributed by atoms with E-state index in [1.807, 2.05) is 54.0 Å². The van der Waals surface area contributed by atoms with Gasteiger partial charge in [-0.3, -0.25) is 9.69 Å². The minimum absolute atomic E-state index is 0.0223. The first-order valence-electron chi connectivity index (χ1n) is 8.20.